The van der Waals surface area contributed by atoms with Gasteiger partial charge < -0.3 is 10.2 Å². The Kier molecular flexibility index (Phi) is 6.50. The van der Waals surface area contributed by atoms with Crippen LogP contribution in [0.3, 0.4) is 0 Å². The molecular weight excluding hydrogens is 335 g/mol. The molecule has 27 heavy (non-hydrogen) atoms. The lowest BCUT2D eigenvalue weighted by molar-refractivity contribution is 0.0562. The second-order valence-electron chi connectivity index (χ2n) is 9.38. The molecule has 2 atom stereocenters. The number of alkyl halides is 1. The fourth-order valence-corrected chi connectivity index (χ4v) is 5.24. The number of hydrogen-bond acceptors (Lipinski definition) is 2. The summed E-state index contributed by atoms with van der Waals surface area (Å²) in [5, 5.41) is 3.52. The van der Waals surface area contributed by atoms with Crippen LogP contribution in [-0.2, 0) is 0 Å². The summed E-state index contributed by atoms with van der Waals surface area (Å²) in [5.74, 6) is 1.57. The molecule has 3 heteroatoms. The zero-order valence-electron chi connectivity index (χ0n) is 16.8. The molecule has 2 unspecified atom stereocenters. The maximum Gasteiger partial charge on any atom is 0.125 e. The topological polar surface area (TPSA) is 15.3 Å². The van der Waals surface area contributed by atoms with Crippen molar-refractivity contribution < 1.29 is 4.39 Å². The number of halogens is 1. The predicted octanol–water partition coefficient (Wildman–Crippen LogP) is 5.30. The minimum atomic E-state index is -0.996. The quantitative estimate of drug-likeness (QED) is 0.666. The predicted molar refractivity (Wildman–Crippen MR) is 111 cm³/mol. The van der Waals surface area contributed by atoms with Crippen LogP contribution in [-0.4, -0.2) is 42.8 Å². The highest BCUT2D eigenvalue weighted by molar-refractivity contribution is 5.27. The molecule has 1 N–H and O–H groups in total. The molecule has 2 saturated carbocycles. The standard InChI is InChI=1S/C24H37FN2/c25-24(19-26-23-18-22(23)21-11-5-2-6-12-21)13-16-27(17-14-24)15-7-10-20-8-3-1-4-9-20/h2,5-6,11-12,20,22-23,26H,1,3-4,7-10,13-19H2. The van der Waals surface area contributed by atoms with Gasteiger partial charge in [0.05, 0.1) is 0 Å². The molecule has 1 aromatic carbocycles. The Morgan fingerprint density at radius 1 is 1.04 bits per heavy atom. The lowest BCUT2D eigenvalue weighted by Gasteiger charge is -2.37. The van der Waals surface area contributed by atoms with Crippen molar-refractivity contribution in [3.8, 4) is 0 Å². The molecule has 2 aliphatic carbocycles. The molecule has 1 aromatic rings. The summed E-state index contributed by atoms with van der Waals surface area (Å²) in [5.41, 5.74) is 0.402. The Hall–Kier alpha value is -0.930. The third-order valence-corrected chi connectivity index (χ3v) is 7.26. The van der Waals surface area contributed by atoms with Crippen LogP contribution in [0.25, 0.3) is 0 Å². The molecule has 0 bridgehead atoms. The van der Waals surface area contributed by atoms with E-state index in [1.165, 1.54) is 57.1 Å². The number of benzene rings is 1. The fraction of sp³-hybridized carbons (Fsp3) is 0.750. The summed E-state index contributed by atoms with van der Waals surface area (Å²) < 4.78 is 15.2. The minimum absolute atomic E-state index is 0.480. The molecule has 1 heterocycles. The van der Waals surface area contributed by atoms with E-state index in [9.17, 15) is 0 Å². The van der Waals surface area contributed by atoms with Gasteiger partial charge in [-0.1, -0.05) is 62.4 Å². The Morgan fingerprint density at radius 2 is 1.78 bits per heavy atom. The van der Waals surface area contributed by atoms with Gasteiger partial charge in [0.25, 0.3) is 0 Å². The van der Waals surface area contributed by atoms with E-state index in [4.69, 9.17) is 0 Å². The molecular formula is C24H37FN2. The molecule has 2 nitrogen and oxygen atoms in total. The maximum absolute atomic E-state index is 15.2. The van der Waals surface area contributed by atoms with Crippen LogP contribution in [0.5, 0.6) is 0 Å². The largest absolute Gasteiger partial charge is 0.310 e. The summed E-state index contributed by atoms with van der Waals surface area (Å²) in [6.45, 7) is 3.60. The molecule has 150 valence electrons. The highest BCUT2D eigenvalue weighted by atomic mass is 19.1. The van der Waals surface area contributed by atoms with Crippen molar-refractivity contribution in [2.24, 2.45) is 5.92 Å². The molecule has 1 saturated heterocycles. The van der Waals surface area contributed by atoms with E-state index in [2.05, 4.69) is 40.5 Å². The van der Waals surface area contributed by atoms with Gasteiger partial charge in [-0.15, -0.1) is 0 Å². The van der Waals surface area contributed by atoms with E-state index in [-0.39, 0.29) is 0 Å². The summed E-state index contributed by atoms with van der Waals surface area (Å²) in [4.78, 5) is 2.50. The first-order valence-electron chi connectivity index (χ1n) is 11.4. The van der Waals surface area contributed by atoms with Gasteiger partial charge in [0.1, 0.15) is 5.67 Å². The van der Waals surface area contributed by atoms with Gasteiger partial charge in [-0.2, -0.15) is 0 Å². The molecule has 0 radical (unpaired) electrons. The Balaban J connectivity index is 1.11. The van der Waals surface area contributed by atoms with Gasteiger partial charge in [0.15, 0.2) is 0 Å². The summed E-state index contributed by atoms with van der Waals surface area (Å²) in [7, 11) is 0. The second kappa shape index (κ2) is 9.05. The number of rotatable bonds is 8. The summed E-state index contributed by atoms with van der Waals surface area (Å²) in [6.07, 6.45) is 12.5. The zero-order valence-corrected chi connectivity index (χ0v) is 16.8. The van der Waals surface area contributed by atoms with Crippen LogP contribution in [0.4, 0.5) is 4.39 Å². The van der Waals surface area contributed by atoms with Crippen LogP contribution in [0.2, 0.25) is 0 Å². The van der Waals surface area contributed by atoms with E-state index in [1.54, 1.807) is 0 Å². The van der Waals surface area contributed by atoms with Crippen LogP contribution < -0.4 is 5.32 Å². The highest BCUT2D eigenvalue weighted by Gasteiger charge is 2.41. The van der Waals surface area contributed by atoms with Gasteiger partial charge in [-0.05, 0) is 50.1 Å². The zero-order chi connectivity index (χ0) is 18.5. The number of likely N-dealkylation sites (tertiary alicyclic amines) is 1. The number of piperidine rings is 1. The van der Waals surface area contributed by atoms with Crippen LogP contribution in [0.15, 0.2) is 30.3 Å². The monoisotopic (exact) mass is 372 g/mol. The molecule has 1 aliphatic heterocycles. The average molecular weight is 373 g/mol. The Morgan fingerprint density at radius 3 is 2.52 bits per heavy atom. The van der Waals surface area contributed by atoms with Crippen LogP contribution in [0, 0.1) is 5.92 Å². The number of nitrogens with zero attached hydrogens (tertiary/aromatic N) is 1. The first kappa shape index (κ1) is 19.4. The van der Waals surface area contributed by atoms with Gasteiger partial charge in [0, 0.05) is 31.6 Å². The minimum Gasteiger partial charge on any atom is -0.310 e. The van der Waals surface area contributed by atoms with E-state index in [0.29, 0.717) is 31.3 Å². The van der Waals surface area contributed by atoms with Crippen molar-refractivity contribution in [3.63, 3.8) is 0 Å². The summed E-state index contributed by atoms with van der Waals surface area (Å²) >= 11 is 0. The lowest BCUT2D eigenvalue weighted by Crippen LogP contribution is -2.47. The van der Waals surface area contributed by atoms with Crippen molar-refractivity contribution in [1.82, 2.24) is 10.2 Å². The number of hydrogen-bond donors (Lipinski definition) is 1. The third-order valence-electron chi connectivity index (χ3n) is 7.26. The van der Waals surface area contributed by atoms with Crippen molar-refractivity contribution in [2.45, 2.75) is 81.8 Å². The molecule has 0 amide bonds. The smallest absolute Gasteiger partial charge is 0.125 e. The van der Waals surface area contributed by atoms with Crippen molar-refractivity contribution in [2.75, 3.05) is 26.2 Å². The van der Waals surface area contributed by atoms with Crippen LogP contribution >= 0.6 is 0 Å². The highest BCUT2D eigenvalue weighted by Crippen LogP contribution is 2.41. The molecule has 4 rings (SSSR count). The second-order valence-corrected chi connectivity index (χ2v) is 9.38. The maximum atomic E-state index is 15.2. The van der Waals surface area contributed by atoms with Crippen molar-refractivity contribution in [3.05, 3.63) is 35.9 Å². The normalized spacial score (nSPS) is 28.9. The average Bonchev–Trinajstić information content (AvgIpc) is 3.50. The van der Waals surface area contributed by atoms with E-state index in [1.807, 2.05) is 0 Å². The molecule has 0 aromatic heterocycles. The van der Waals surface area contributed by atoms with E-state index >= 15 is 4.39 Å². The van der Waals surface area contributed by atoms with E-state index in [0.717, 1.165) is 25.4 Å². The molecule has 3 aliphatic rings. The molecule has 0 spiro atoms. The molecule has 3 fully saturated rings. The lowest BCUT2D eigenvalue weighted by atomic mass is 9.86. The first-order chi connectivity index (χ1) is 13.2. The Labute approximate surface area is 164 Å². The third kappa shape index (κ3) is 5.54. The van der Waals surface area contributed by atoms with Crippen LogP contribution in [0.1, 0.15) is 75.7 Å². The SMILES string of the molecule is FC1(CNC2CC2c2ccccc2)CCN(CCCC2CCCCC2)CC1. The fourth-order valence-electron chi connectivity index (χ4n) is 5.24. The van der Waals surface area contributed by atoms with Gasteiger partial charge in [-0.3, -0.25) is 0 Å². The van der Waals surface area contributed by atoms with E-state index < -0.39 is 5.67 Å². The summed E-state index contributed by atoms with van der Waals surface area (Å²) in [6, 6.07) is 11.1. The van der Waals surface area contributed by atoms with Crippen molar-refractivity contribution >= 4 is 0 Å². The Bertz CT molecular complexity index is 561. The van der Waals surface area contributed by atoms with Crippen molar-refractivity contribution in [1.29, 1.82) is 0 Å². The number of nitrogens with one attached hydrogen (secondary N) is 1. The first-order valence-corrected chi connectivity index (χ1v) is 11.4. The van der Waals surface area contributed by atoms with Gasteiger partial charge in [0.2, 0.25) is 0 Å². The van der Waals surface area contributed by atoms with Gasteiger partial charge >= 0.3 is 0 Å². The van der Waals surface area contributed by atoms with Gasteiger partial charge in [-0.25, -0.2) is 4.39 Å².